The van der Waals surface area contributed by atoms with E-state index in [1.807, 2.05) is 30.3 Å². The predicted molar refractivity (Wildman–Crippen MR) is 96.7 cm³/mol. The highest BCUT2D eigenvalue weighted by Gasteiger charge is 2.13. The molecule has 0 saturated heterocycles. The Bertz CT molecular complexity index is 816. The number of carbonyl (C=O) groups excluding carboxylic acids is 1. The molecule has 0 aliphatic rings. The quantitative estimate of drug-likeness (QED) is 0.555. The topological polar surface area (TPSA) is 84.5 Å². The number of nitrogens with one attached hydrogen (secondary N) is 2. The Morgan fingerprint density at radius 1 is 1.04 bits per heavy atom. The average Bonchev–Trinajstić information content (AvgIpc) is 2.64. The summed E-state index contributed by atoms with van der Waals surface area (Å²) in [5.41, 5.74) is 0.915. The van der Waals surface area contributed by atoms with E-state index in [2.05, 4.69) is 10.0 Å². The highest BCUT2D eigenvalue weighted by molar-refractivity contribution is 7.89. The molecule has 0 unspecified atom stereocenters. The molecule has 6 nitrogen and oxygen atoms in total. The Morgan fingerprint density at radius 3 is 2.36 bits per heavy atom. The van der Waals surface area contributed by atoms with E-state index in [1.54, 1.807) is 18.2 Å². The van der Waals surface area contributed by atoms with Gasteiger partial charge in [0.25, 0.3) is 0 Å². The molecule has 0 aliphatic heterocycles. The highest BCUT2D eigenvalue weighted by atomic mass is 32.2. The van der Waals surface area contributed by atoms with Gasteiger partial charge in [-0.2, -0.15) is 0 Å². The fraction of sp³-hybridized carbons (Fsp3) is 0.167. The van der Waals surface area contributed by atoms with Crippen LogP contribution >= 0.6 is 0 Å². The van der Waals surface area contributed by atoms with Crippen LogP contribution in [0.4, 0.5) is 0 Å². The van der Waals surface area contributed by atoms with E-state index in [0.29, 0.717) is 5.75 Å². The first kappa shape index (κ1) is 18.7. The molecule has 0 aliphatic carbocycles. The van der Waals surface area contributed by atoms with Crippen molar-refractivity contribution in [2.75, 3.05) is 20.2 Å². The highest BCUT2D eigenvalue weighted by Crippen LogP contribution is 2.14. The lowest BCUT2D eigenvalue weighted by Crippen LogP contribution is -2.34. The van der Waals surface area contributed by atoms with Crippen molar-refractivity contribution < 1.29 is 17.9 Å². The third-order valence-corrected chi connectivity index (χ3v) is 4.79. The minimum absolute atomic E-state index is 0.0965. The fourth-order valence-corrected chi connectivity index (χ4v) is 3.04. The number of ether oxygens (including phenoxy) is 1. The van der Waals surface area contributed by atoms with Crippen molar-refractivity contribution in [1.29, 1.82) is 0 Å². The minimum atomic E-state index is -3.61. The normalized spacial score (nSPS) is 11.4. The molecule has 25 heavy (non-hydrogen) atoms. The molecule has 0 fully saturated rings. The van der Waals surface area contributed by atoms with Gasteiger partial charge in [0.1, 0.15) is 5.75 Å². The molecule has 0 radical (unpaired) electrons. The van der Waals surface area contributed by atoms with E-state index in [1.165, 1.54) is 25.3 Å². The first-order valence-corrected chi connectivity index (χ1v) is 9.14. The SMILES string of the molecule is COc1ccc(S(=O)(=O)NCCNC(=O)/C=C/c2ccccc2)cc1. The van der Waals surface area contributed by atoms with Crippen molar-refractivity contribution in [3.63, 3.8) is 0 Å². The zero-order chi connectivity index (χ0) is 18.1. The largest absolute Gasteiger partial charge is 0.497 e. The molecule has 0 spiro atoms. The van der Waals surface area contributed by atoms with E-state index < -0.39 is 10.0 Å². The monoisotopic (exact) mass is 360 g/mol. The van der Waals surface area contributed by atoms with Crippen LogP contribution in [0.5, 0.6) is 5.75 Å². The zero-order valence-corrected chi connectivity index (χ0v) is 14.6. The molecule has 2 N–H and O–H groups in total. The summed E-state index contributed by atoms with van der Waals surface area (Å²) in [6.45, 7) is 0.284. The number of sulfonamides is 1. The van der Waals surface area contributed by atoms with Crippen molar-refractivity contribution >= 4 is 22.0 Å². The molecule has 0 atom stereocenters. The van der Waals surface area contributed by atoms with Crippen LogP contribution in [0.1, 0.15) is 5.56 Å². The maximum absolute atomic E-state index is 12.1. The van der Waals surface area contributed by atoms with Crippen molar-refractivity contribution in [2.45, 2.75) is 4.90 Å². The van der Waals surface area contributed by atoms with Crippen molar-refractivity contribution in [1.82, 2.24) is 10.0 Å². The molecule has 0 heterocycles. The predicted octanol–water partition coefficient (Wildman–Crippen LogP) is 1.80. The van der Waals surface area contributed by atoms with Crippen LogP contribution in [0, 0.1) is 0 Å². The van der Waals surface area contributed by atoms with E-state index in [-0.39, 0.29) is 23.9 Å². The zero-order valence-electron chi connectivity index (χ0n) is 13.8. The van der Waals surface area contributed by atoms with Crippen LogP contribution in [0.3, 0.4) is 0 Å². The first-order valence-electron chi connectivity index (χ1n) is 7.66. The number of hydrogen-bond acceptors (Lipinski definition) is 4. The van der Waals surface area contributed by atoms with Crippen LogP contribution in [0.2, 0.25) is 0 Å². The molecule has 0 bridgehead atoms. The molecule has 0 saturated carbocycles. The summed E-state index contributed by atoms with van der Waals surface area (Å²) < 4.78 is 31.6. The Kier molecular flexibility index (Phi) is 6.73. The molecule has 1 amide bonds. The van der Waals surface area contributed by atoms with Crippen LogP contribution < -0.4 is 14.8 Å². The van der Waals surface area contributed by atoms with Gasteiger partial charge in [0.2, 0.25) is 15.9 Å². The van der Waals surface area contributed by atoms with E-state index in [0.717, 1.165) is 5.56 Å². The summed E-state index contributed by atoms with van der Waals surface area (Å²) in [5.74, 6) is 0.295. The van der Waals surface area contributed by atoms with Gasteiger partial charge in [0, 0.05) is 19.2 Å². The number of amides is 1. The summed E-state index contributed by atoms with van der Waals surface area (Å²) >= 11 is 0. The number of hydrogen-bond donors (Lipinski definition) is 2. The summed E-state index contributed by atoms with van der Waals surface area (Å²) in [7, 11) is -2.10. The second-order valence-electron chi connectivity index (χ2n) is 5.11. The van der Waals surface area contributed by atoms with Gasteiger partial charge in [0.05, 0.1) is 12.0 Å². The van der Waals surface area contributed by atoms with Gasteiger partial charge in [-0.15, -0.1) is 0 Å². The smallest absolute Gasteiger partial charge is 0.244 e. The van der Waals surface area contributed by atoms with Crippen LogP contribution in [-0.2, 0) is 14.8 Å². The number of carbonyl (C=O) groups is 1. The lowest BCUT2D eigenvalue weighted by Gasteiger charge is -2.08. The first-order chi connectivity index (χ1) is 12.0. The van der Waals surface area contributed by atoms with Crippen molar-refractivity contribution in [3.05, 3.63) is 66.2 Å². The van der Waals surface area contributed by atoms with Crippen LogP contribution in [-0.4, -0.2) is 34.5 Å². The standard InChI is InChI=1S/C18H20N2O4S/c1-24-16-8-10-17(11-9-16)25(22,23)20-14-13-19-18(21)12-7-15-5-3-2-4-6-15/h2-12,20H,13-14H2,1H3,(H,19,21)/b12-7+. The maximum Gasteiger partial charge on any atom is 0.244 e. The second-order valence-corrected chi connectivity index (χ2v) is 6.88. The summed E-state index contributed by atoms with van der Waals surface area (Å²) in [6, 6.07) is 15.5. The van der Waals surface area contributed by atoms with Gasteiger partial charge < -0.3 is 10.1 Å². The fourth-order valence-electron chi connectivity index (χ4n) is 2.00. The molecule has 0 aromatic heterocycles. The van der Waals surface area contributed by atoms with Gasteiger partial charge >= 0.3 is 0 Å². The number of methoxy groups -OCH3 is 1. The van der Waals surface area contributed by atoms with E-state index in [4.69, 9.17) is 4.74 Å². The van der Waals surface area contributed by atoms with Gasteiger partial charge in [-0.1, -0.05) is 30.3 Å². The van der Waals surface area contributed by atoms with Crippen molar-refractivity contribution in [2.24, 2.45) is 0 Å². The molecule has 2 aromatic carbocycles. The summed E-state index contributed by atoms with van der Waals surface area (Å²) in [5, 5.41) is 2.62. The second kappa shape index (κ2) is 9.00. The lowest BCUT2D eigenvalue weighted by molar-refractivity contribution is -0.116. The van der Waals surface area contributed by atoms with E-state index in [9.17, 15) is 13.2 Å². The molecule has 7 heteroatoms. The van der Waals surface area contributed by atoms with Crippen LogP contribution in [0.15, 0.2) is 65.6 Å². The molecule has 2 rings (SSSR count). The molecule has 2 aromatic rings. The number of benzene rings is 2. The van der Waals surface area contributed by atoms with Crippen molar-refractivity contribution in [3.8, 4) is 5.75 Å². The van der Waals surface area contributed by atoms with Gasteiger partial charge in [0.15, 0.2) is 0 Å². The Morgan fingerprint density at radius 2 is 1.72 bits per heavy atom. The lowest BCUT2D eigenvalue weighted by atomic mass is 10.2. The third-order valence-electron chi connectivity index (χ3n) is 3.31. The molecular formula is C18H20N2O4S. The summed E-state index contributed by atoms with van der Waals surface area (Å²) in [6.07, 6.45) is 3.10. The van der Waals surface area contributed by atoms with E-state index >= 15 is 0 Å². The third kappa shape index (κ3) is 6.06. The van der Waals surface area contributed by atoms with Gasteiger partial charge in [-0.25, -0.2) is 13.1 Å². The van der Waals surface area contributed by atoms with Crippen LogP contribution in [0.25, 0.3) is 6.08 Å². The molecular weight excluding hydrogens is 340 g/mol. The Hall–Kier alpha value is -2.64. The minimum Gasteiger partial charge on any atom is -0.497 e. The molecule has 132 valence electrons. The van der Waals surface area contributed by atoms with Gasteiger partial charge in [-0.3, -0.25) is 4.79 Å². The Balaban J connectivity index is 1.77. The summed E-state index contributed by atoms with van der Waals surface area (Å²) in [4.78, 5) is 11.8. The van der Waals surface area contributed by atoms with Gasteiger partial charge in [-0.05, 0) is 35.9 Å². The number of rotatable bonds is 8. The average molecular weight is 360 g/mol. The Labute approximate surface area is 147 Å². The maximum atomic E-state index is 12.1.